The van der Waals surface area contributed by atoms with E-state index in [9.17, 15) is 4.79 Å². The second-order valence-electron chi connectivity index (χ2n) is 5.39. The van der Waals surface area contributed by atoms with Gasteiger partial charge in [0.1, 0.15) is 11.8 Å². The largest absolute Gasteiger partial charge is 0.361 e. The number of hydrogen-bond acceptors (Lipinski definition) is 4. The molecule has 1 aromatic carbocycles. The van der Waals surface area contributed by atoms with Gasteiger partial charge in [0.15, 0.2) is 0 Å². The standard InChI is InChI=1S/C16H21N3O2/c1-10-5-7-13(8-6-10)15(17)16(20)19(4)9-14-11(2)18-21-12(14)3/h5-8,15H,9,17H2,1-4H3. The highest BCUT2D eigenvalue weighted by Crippen LogP contribution is 2.18. The van der Waals surface area contributed by atoms with Gasteiger partial charge in [-0.25, -0.2) is 0 Å². The summed E-state index contributed by atoms with van der Waals surface area (Å²) in [5, 5.41) is 3.90. The quantitative estimate of drug-likeness (QED) is 0.936. The molecule has 1 unspecified atom stereocenters. The van der Waals surface area contributed by atoms with Crippen molar-refractivity contribution in [1.82, 2.24) is 10.1 Å². The molecule has 2 N–H and O–H groups in total. The van der Waals surface area contributed by atoms with Crippen LogP contribution < -0.4 is 5.73 Å². The van der Waals surface area contributed by atoms with Gasteiger partial charge >= 0.3 is 0 Å². The summed E-state index contributed by atoms with van der Waals surface area (Å²) in [6, 6.07) is 7.03. The summed E-state index contributed by atoms with van der Waals surface area (Å²) in [4.78, 5) is 14.0. The smallest absolute Gasteiger partial charge is 0.244 e. The average Bonchev–Trinajstić information content (AvgIpc) is 2.78. The summed E-state index contributed by atoms with van der Waals surface area (Å²) in [5.41, 5.74) is 9.76. The first-order valence-corrected chi connectivity index (χ1v) is 6.89. The third-order valence-corrected chi connectivity index (χ3v) is 3.66. The fraction of sp³-hybridized carbons (Fsp3) is 0.375. The Hall–Kier alpha value is -2.14. The monoisotopic (exact) mass is 287 g/mol. The highest BCUT2D eigenvalue weighted by Gasteiger charge is 2.22. The van der Waals surface area contributed by atoms with Crippen molar-refractivity contribution in [1.29, 1.82) is 0 Å². The molecule has 5 heteroatoms. The van der Waals surface area contributed by atoms with Crippen LogP contribution in [-0.2, 0) is 11.3 Å². The maximum absolute atomic E-state index is 12.4. The first-order chi connectivity index (χ1) is 9.90. The number of nitrogens with two attached hydrogens (primary N) is 1. The zero-order valence-electron chi connectivity index (χ0n) is 12.9. The summed E-state index contributed by atoms with van der Waals surface area (Å²) in [5.74, 6) is 0.606. The summed E-state index contributed by atoms with van der Waals surface area (Å²) in [6.07, 6.45) is 0. The van der Waals surface area contributed by atoms with Crippen LogP contribution in [0.5, 0.6) is 0 Å². The van der Waals surface area contributed by atoms with E-state index < -0.39 is 6.04 Å². The van der Waals surface area contributed by atoms with Gasteiger partial charge < -0.3 is 15.2 Å². The molecule has 0 bridgehead atoms. The lowest BCUT2D eigenvalue weighted by Crippen LogP contribution is -2.35. The molecule has 1 aromatic heterocycles. The number of aryl methyl sites for hydroxylation is 3. The Morgan fingerprint density at radius 3 is 2.43 bits per heavy atom. The molecule has 0 saturated heterocycles. The topological polar surface area (TPSA) is 72.4 Å². The Balaban J connectivity index is 2.10. The van der Waals surface area contributed by atoms with E-state index in [1.807, 2.05) is 45.0 Å². The summed E-state index contributed by atoms with van der Waals surface area (Å²) in [6.45, 7) is 6.15. The lowest BCUT2D eigenvalue weighted by molar-refractivity contribution is -0.132. The molecular formula is C16H21N3O2. The fourth-order valence-corrected chi connectivity index (χ4v) is 2.20. The van der Waals surface area contributed by atoms with Gasteiger partial charge in [0.25, 0.3) is 0 Å². The van der Waals surface area contributed by atoms with E-state index >= 15 is 0 Å². The first-order valence-electron chi connectivity index (χ1n) is 6.89. The number of likely N-dealkylation sites (N-methyl/N-ethyl adjacent to an activating group) is 1. The van der Waals surface area contributed by atoms with E-state index in [0.717, 1.165) is 28.1 Å². The zero-order valence-corrected chi connectivity index (χ0v) is 12.9. The number of benzene rings is 1. The Morgan fingerprint density at radius 1 is 1.29 bits per heavy atom. The molecule has 1 amide bonds. The lowest BCUT2D eigenvalue weighted by atomic mass is 10.0. The molecule has 0 aliphatic rings. The van der Waals surface area contributed by atoms with Crippen molar-refractivity contribution in [2.75, 3.05) is 7.05 Å². The Bertz CT molecular complexity index is 612. The summed E-state index contributed by atoms with van der Waals surface area (Å²) < 4.78 is 5.11. The minimum Gasteiger partial charge on any atom is -0.361 e. The number of rotatable bonds is 4. The van der Waals surface area contributed by atoms with E-state index in [1.165, 1.54) is 0 Å². The minimum atomic E-state index is -0.656. The van der Waals surface area contributed by atoms with Crippen LogP contribution in [0.25, 0.3) is 0 Å². The zero-order chi connectivity index (χ0) is 15.6. The number of aromatic nitrogens is 1. The van der Waals surface area contributed by atoms with Crippen LogP contribution in [0.3, 0.4) is 0 Å². The maximum Gasteiger partial charge on any atom is 0.244 e. The molecule has 5 nitrogen and oxygen atoms in total. The third-order valence-electron chi connectivity index (χ3n) is 3.66. The highest BCUT2D eigenvalue weighted by molar-refractivity contribution is 5.82. The molecule has 2 aromatic rings. The Kier molecular flexibility index (Phi) is 4.43. The molecule has 0 fully saturated rings. The van der Waals surface area contributed by atoms with Crippen molar-refractivity contribution in [2.45, 2.75) is 33.4 Å². The van der Waals surface area contributed by atoms with Crippen molar-refractivity contribution in [2.24, 2.45) is 5.73 Å². The van der Waals surface area contributed by atoms with Gasteiger partial charge in [-0.3, -0.25) is 4.79 Å². The van der Waals surface area contributed by atoms with E-state index in [-0.39, 0.29) is 5.91 Å². The Labute approximate surface area is 124 Å². The summed E-state index contributed by atoms with van der Waals surface area (Å²) in [7, 11) is 1.74. The SMILES string of the molecule is Cc1ccc(C(N)C(=O)N(C)Cc2c(C)noc2C)cc1. The van der Waals surface area contributed by atoms with Crippen molar-refractivity contribution < 1.29 is 9.32 Å². The molecule has 0 aliphatic heterocycles. The predicted molar refractivity (Wildman–Crippen MR) is 80.6 cm³/mol. The van der Waals surface area contributed by atoms with Gasteiger partial charge in [0, 0.05) is 12.6 Å². The van der Waals surface area contributed by atoms with Crippen molar-refractivity contribution in [3.8, 4) is 0 Å². The third kappa shape index (κ3) is 3.31. The van der Waals surface area contributed by atoms with Gasteiger partial charge in [0.2, 0.25) is 5.91 Å². The molecule has 1 atom stereocenters. The molecule has 0 aliphatic carbocycles. The number of carbonyl (C=O) groups excluding carboxylic acids is 1. The maximum atomic E-state index is 12.4. The number of nitrogens with zero attached hydrogens (tertiary/aromatic N) is 2. The number of carbonyl (C=O) groups is 1. The van der Waals surface area contributed by atoms with Crippen LogP contribution in [0, 0.1) is 20.8 Å². The highest BCUT2D eigenvalue weighted by atomic mass is 16.5. The molecular weight excluding hydrogens is 266 g/mol. The van der Waals surface area contributed by atoms with Gasteiger partial charge in [0.05, 0.1) is 12.2 Å². The van der Waals surface area contributed by atoms with Crippen molar-refractivity contribution >= 4 is 5.91 Å². The molecule has 112 valence electrons. The van der Waals surface area contributed by atoms with E-state index in [1.54, 1.807) is 11.9 Å². The Morgan fingerprint density at radius 2 is 1.90 bits per heavy atom. The van der Waals surface area contributed by atoms with E-state index in [0.29, 0.717) is 6.54 Å². The first kappa shape index (κ1) is 15.3. The lowest BCUT2D eigenvalue weighted by Gasteiger charge is -2.21. The van der Waals surface area contributed by atoms with E-state index in [2.05, 4.69) is 5.16 Å². The molecule has 21 heavy (non-hydrogen) atoms. The minimum absolute atomic E-state index is 0.126. The van der Waals surface area contributed by atoms with Crippen LogP contribution in [0.15, 0.2) is 28.8 Å². The number of amides is 1. The van der Waals surface area contributed by atoms with Crippen LogP contribution in [0.4, 0.5) is 0 Å². The van der Waals surface area contributed by atoms with Gasteiger partial charge in [-0.2, -0.15) is 0 Å². The van der Waals surface area contributed by atoms with Gasteiger partial charge in [-0.1, -0.05) is 35.0 Å². The van der Waals surface area contributed by atoms with Crippen LogP contribution in [-0.4, -0.2) is 23.0 Å². The van der Waals surface area contributed by atoms with E-state index in [4.69, 9.17) is 10.3 Å². The average molecular weight is 287 g/mol. The summed E-state index contributed by atoms with van der Waals surface area (Å²) >= 11 is 0. The second kappa shape index (κ2) is 6.10. The molecule has 2 rings (SSSR count). The molecule has 1 heterocycles. The van der Waals surface area contributed by atoms with Crippen LogP contribution in [0.2, 0.25) is 0 Å². The molecule has 0 radical (unpaired) electrons. The predicted octanol–water partition coefficient (Wildman–Crippen LogP) is 2.26. The van der Waals surface area contributed by atoms with Crippen LogP contribution >= 0.6 is 0 Å². The molecule has 0 saturated carbocycles. The van der Waals surface area contributed by atoms with Gasteiger partial charge in [-0.15, -0.1) is 0 Å². The van der Waals surface area contributed by atoms with Crippen molar-refractivity contribution in [3.63, 3.8) is 0 Å². The normalized spacial score (nSPS) is 12.2. The number of hydrogen-bond donors (Lipinski definition) is 1. The van der Waals surface area contributed by atoms with Gasteiger partial charge in [-0.05, 0) is 26.3 Å². The fourth-order valence-electron chi connectivity index (χ4n) is 2.20. The second-order valence-corrected chi connectivity index (χ2v) is 5.39. The molecule has 0 spiro atoms. The van der Waals surface area contributed by atoms with Crippen molar-refractivity contribution in [3.05, 3.63) is 52.4 Å². The van der Waals surface area contributed by atoms with Crippen LogP contribution in [0.1, 0.15) is 34.2 Å².